The molecule has 0 aliphatic carbocycles. The molecule has 0 spiro atoms. The van der Waals surface area contributed by atoms with Crippen molar-refractivity contribution in [2.24, 2.45) is 7.05 Å². The smallest absolute Gasteiger partial charge is 0.243 e. The van der Waals surface area contributed by atoms with Crippen molar-refractivity contribution < 1.29 is 0 Å². The molecule has 0 saturated carbocycles. The molecule has 0 amide bonds. The van der Waals surface area contributed by atoms with Gasteiger partial charge in [-0.05, 0) is 35.0 Å². The number of benzene rings is 1. The lowest BCUT2D eigenvalue weighted by molar-refractivity contribution is 0.706. The normalized spacial score (nSPS) is 12.4. The second-order valence-electron chi connectivity index (χ2n) is 3.55. The number of halogens is 1. The van der Waals surface area contributed by atoms with E-state index in [-0.39, 0.29) is 6.04 Å². The molecular formula is C10H12ClN5. The van der Waals surface area contributed by atoms with Crippen LogP contribution in [0.15, 0.2) is 24.3 Å². The van der Waals surface area contributed by atoms with Crippen LogP contribution in [0.2, 0.25) is 5.02 Å². The van der Waals surface area contributed by atoms with E-state index in [2.05, 4.69) is 20.8 Å². The summed E-state index contributed by atoms with van der Waals surface area (Å²) in [5, 5.41) is 15.1. The van der Waals surface area contributed by atoms with Crippen LogP contribution in [0, 0.1) is 0 Å². The van der Waals surface area contributed by atoms with Gasteiger partial charge in [-0.2, -0.15) is 0 Å². The van der Waals surface area contributed by atoms with Crippen LogP contribution < -0.4 is 5.32 Å². The summed E-state index contributed by atoms with van der Waals surface area (Å²) in [6, 6.07) is 7.80. The molecule has 1 atom stereocenters. The van der Waals surface area contributed by atoms with E-state index in [4.69, 9.17) is 11.6 Å². The summed E-state index contributed by atoms with van der Waals surface area (Å²) in [6.07, 6.45) is 0. The van der Waals surface area contributed by atoms with E-state index in [1.54, 1.807) is 11.7 Å². The van der Waals surface area contributed by atoms with Crippen molar-refractivity contribution in [3.8, 4) is 0 Å². The minimum atomic E-state index is 0.100. The van der Waals surface area contributed by atoms with Crippen LogP contribution in [0.5, 0.6) is 0 Å². The third-order valence-corrected chi connectivity index (χ3v) is 2.55. The highest BCUT2D eigenvalue weighted by molar-refractivity contribution is 6.30. The molecule has 1 unspecified atom stereocenters. The van der Waals surface area contributed by atoms with Gasteiger partial charge in [-0.3, -0.25) is 0 Å². The average molecular weight is 238 g/mol. The molecule has 1 aromatic heterocycles. The van der Waals surface area contributed by atoms with Gasteiger partial charge < -0.3 is 5.32 Å². The monoisotopic (exact) mass is 237 g/mol. The molecule has 0 aliphatic rings. The number of nitrogens with one attached hydrogen (secondary N) is 1. The fourth-order valence-corrected chi connectivity index (χ4v) is 1.60. The number of aryl methyl sites for hydroxylation is 1. The predicted octanol–water partition coefficient (Wildman–Crippen LogP) is 2.04. The molecule has 6 heteroatoms. The van der Waals surface area contributed by atoms with E-state index in [9.17, 15) is 0 Å². The van der Waals surface area contributed by atoms with Crippen LogP contribution >= 0.6 is 11.6 Å². The standard InChI is InChI=1S/C10H12ClN5/c1-7(8-4-3-5-9(11)6-8)12-10-13-14-15-16(10)2/h3-7H,1-2H3,(H,12,13,15). The molecule has 0 fully saturated rings. The number of rotatable bonds is 3. The predicted molar refractivity (Wildman–Crippen MR) is 62.3 cm³/mol. The molecule has 5 nitrogen and oxygen atoms in total. The van der Waals surface area contributed by atoms with Gasteiger partial charge in [0.05, 0.1) is 6.04 Å². The highest BCUT2D eigenvalue weighted by Gasteiger charge is 2.09. The first-order valence-corrected chi connectivity index (χ1v) is 5.29. The van der Waals surface area contributed by atoms with Crippen molar-refractivity contribution in [3.05, 3.63) is 34.9 Å². The molecule has 84 valence electrons. The van der Waals surface area contributed by atoms with Crippen LogP contribution in [0.1, 0.15) is 18.5 Å². The van der Waals surface area contributed by atoms with Crippen molar-refractivity contribution in [2.45, 2.75) is 13.0 Å². The van der Waals surface area contributed by atoms with Crippen molar-refractivity contribution in [2.75, 3.05) is 5.32 Å². The van der Waals surface area contributed by atoms with Gasteiger partial charge >= 0.3 is 0 Å². The van der Waals surface area contributed by atoms with E-state index >= 15 is 0 Å². The van der Waals surface area contributed by atoms with E-state index < -0.39 is 0 Å². The molecule has 1 aromatic carbocycles. The first-order valence-electron chi connectivity index (χ1n) is 4.91. The number of tetrazole rings is 1. The topological polar surface area (TPSA) is 55.6 Å². The van der Waals surface area contributed by atoms with Crippen LogP contribution in [0.3, 0.4) is 0 Å². The molecule has 1 N–H and O–H groups in total. The Labute approximate surface area is 98.4 Å². The fourth-order valence-electron chi connectivity index (χ4n) is 1.40. The summed E-state index contributed by atoms with van der Waals surface area (Å²) in [6.45, 7) is 2.03. The Hall–Kier alpha value is -1.62. The molecule has 0 aliphatic heterocycles. The SMILES string of the molecule is CC(Nc1nnnn1C)c1cccc(Cl)c1. The zero-order valence-electron chi connectivity index (χ0n) is 9.05. The Balaban J connectivity index is 2.14. The first kappa shape index (κ1) is 10.9. The molecule has 0 radical (unpaired) electrons. The molecule has 2 rings (SSSR count). The lowest BCUT2D eigenvalue weighted by Crippen LogP contribution is -2.10. The van der Waals surface area contributed by atoms with Gasteiger partial charge in [-0.1, -0.05) is 28.8 Å². The summed E-state index contributed by atoms with van der Waals surface area (Å²) in [5.41, 5.74) is 1.09. The molecule has 0 saturated heterocycles. The molecular weight excluding hydrogens is 226 g/mol. The Bertz CT molecular complexity index is 482. The minimum Gasteiger partial charge on any atom is -0.347 e. The van der Waals surface area contributed by atoms with E-state index in [0.717, 1.165) is 10.6 Å². The lowest BCUT2D eigenvalue weighted by atomic mass is 10.1. The quantitative estimate of drug-likeness (QED) is 0.888. The van der Waals surface area contributed by atoms with Crippen molar-refractivity contribution >= 4 is 17.5 Å². The van der Waals surface area contributed by atoms with E-state index in [1.165, 1.54) is 0 Å². The maximum absolute atomic E-state index is 5.93. The fraction of sp³-hybridized carbons (Fsp3) is 0.300. The summed E-state index contributed by atoms with van der Waals surface area (Å²) < 4.78 is 1.58. The Morgan fingerprint density at radius 3 is 2.88 bits per heavy atom. The highest BCUT2D eigenvalue weighted by atomic mass is 35.5. The van der Waals surface area contributed by atoms with Gasteiger partial charge in [-0.25, -0.2) is 4.68 Å². The zero-order chi connectivity index (χ0) is 11.5. The second kappa shape index (κ2) is 4.49. The molecule has 1 heterocycles. The van der Waals surface area contributed by atoms with Crippen molar-refractivity contribution in [1.29, 1.82) is 0 Å². The van der Waals surface area contributed by atoms with Crippen LogP contribution in [-0.2, 0) is 7.05 Å². The second-order valence-corrected chi connectivity index (χ2v) is 3.98. The maximum atomic E-state index is 5.93. The Morgan fingerprint density at radius 1 is 1.44 bits per heavy atom. The third kappa shape index (κ3) is 2.30. The Kier molecular flexibility index (Phi) is 3.05. The molecule has 0 bridgehead atoms. The Morgan fingerprint density at radius 2 is 2.25 bits per heavy atom. The summed E-state index contributed by atoms with van der Waals surface area (Å²) in [7, 11) is 1.78. The number of hydrogen-bond donors (Lipinski definition) is 1. The van der Waals surface area contributed by atoms with Gasteiger partial charge in [0.25, 0.3) is 0 Å². The van der Waals surface area contributed by atoms with Crippen LogP contribution in [-0.4, -0.2) is 20.2 Å². The maximum Gasteiger partial charge on any atom is 0.243 e. The number of aromatic nitrogens is 4. The van der Waals surface area contributed by atoms with E-state index in [1.807, 2.05) is 31.2 Å². The summed E-state index contributed by atoms with van der Waals surface area (Å²) in [5.74, 6) is 0.632. The average Bonchev–Trinajstić information content (AvgIpc) is 2.64. The third-order valence-electron chi connectivity index (χ3n) is 2.31. The largest absolute Gasteiger partial charge is 0.347 e. The van der Waals surface area contributed by atoms with Crippen LogP contribution in [0.25, 0.3) is 0 Å². The number of hydrogen-bond acceptors (Lipinski definition) is 4. The number of nitrogens with zero attached hydrogens (tertiary/aromatic N) is 4. The zero-order valence-corrected chi connectivity index (χ0v) is 9.81. The van der Waals surface area contributed by atoms with Crippen LogP contribution in [0.4, 0.5) is 5.95 Å². The van der Waals surface area contributed by atoms with Gasteiger partial charge in [-0.15, -0.1) is 0 Å². The highest BCUT2D eigenvalue weighted by Crippen LogP contribution is 2.20. The van der Waals surface area contributed by atoms with Crippen molar-refractivity contribution in [1.82, 2.24) is 20.2 Å². The minimum absolute atomic E-state index is 0.100. The summed E-state index contributed by atoms with van der Waals surface area (Å²) in [4.78, 5) is 0. The van der Waals surface area contributed by atoms with Crippen molar-refractivity contribution in [3.63, 3.8) is 0 Å². The molecule has 16 heavy (non-hydrogen) atoms. The van der Waals surface area contributed by atoms with Gasteiger partial charge in [0.2, 0.25) is 5.95 Å². The van der Waals surface area contributed by atoms with E-state index in [0.29, 0.717) is 5.95 Å². The van der Waals surface area contributed by atoms with Gasteiger partial charge in [0.15, 0.2) is 0 Å². The first-order chi connectivity index (χ1) is 7.66. The molecule has 2 aromatic rings. The lowest BCUT2D eigenvalue weighted by Gasteiger charge is -2.13. The van der Waals surface area contributed by atoms with Gasteiger partial charge in [0.1, 0.15) is 0 Å². The summed E-state index contributed by atoms with van der Waals surface area (Å²) >= 11 is 5.93. The van der Waals surface area contributed by atoms with Gasteiger partial charge in [0, 0.05) is 12.1 Å². The number of anilines is 1.